The van der Waals surface area contributed by atoms with Crippen LogP contribution in [0.4, 0.5) is 0 Å². The van der Waals surface area contributed by atoms with Crippen molar-refractivity contribution in [1.82, 2.24) is 10.2 Å². The number of oxime groups is 1. The predicted octanol–water partition coefficient (Wildman–Crippen LogP) is 1.85. The Kier molecular flexibility index (Phi) is 7.67. The first-order chi connectivity index (χ1) is 16.8. The summed E-state index contributed by atoms with van der Waals surface area (Å²) in [6, 6.07) is 5.93. The van der Waals surface area contributed by atoms with Gasteiger partial charge in [-0.05, 0) is 36.7 Å². The number of carbonyl (C=O) groups excluding carboxylic acids is 2. The molecule has 2 atom stereocenters. The molecule has 3 fully saturated rings. The number of benzene rings is 1. The number of rotatable bonds is 8. The number of nitrogens with two attached hydrogens (primary N) is 1. The molecule has 0 aromatic heterocycles. The highest BCUT2D eigenvalue weighted by Crippen LogP contribution is 2.34. The maximum atomic E-state index is 13.2. The highest BCUT2D eigenvalue weighted by atomic mass is 16.6. The maximum absolute atomic E-state index is 13.2. The summed E-state index contributed by atoms with van der Waals surface area (Å²) in [5.74, 6) is -0.835. The molecule has 2 amide bonds. The van der Waals surface area contributed by atoms with Crippen molar-refractivity contribution in [3.8, 4) is 0 Å². The van der Waals surface area contributed by atoms with Crippen LogP contribution in [0.3, 0.4) is 0 Å². The molecule has 1 saturated carbocycles. The van der Waals surface area contributed by atoms with Crippen LogP contribution in [0.2, 0.25) is 0 Å². The summed E-state index contributed by atoms with van der Waals surface area (Å²) < 4.78 is 0. The van der Waals surface area contributed by atoms with Crippen molar-refractivity contribution in [2.75, 3.05) is 13.1 Å². The van der Waals surface area contributed by atoms with E-state index in [1.54, 1.807) is 29.2 Å². The number of carboxylic acids is 1. The number of fused-ring (bicyclic) bond motifs is 5. The van der Waals surface area contributed by atoms with Crippen molar-refractivity contribution in [2.24, 2.45) is 22.7 Å². The Bertz CT molecular complexity index is 1000. The monoisotopic (exact) mass is 483 g/mol. The van der Waals surface area contributed by atoms with Gasteiger partial charge in [-0.15, -0.1) is 0 Å². The molecule has 4 aliphatic rings. The van der Waals surface area contributed by atoms with Gasteiger partial charge < -0.3 is 25.9 Å². The topological polar surface area (TPSA) is 158 Å². The van der Waals surface area contributed by atoms with Crippen LogP contribution in [0.5, 0.6) is 0 Å². The van der Waals surface area contributed by atoms with Gasteiger partial charge >= 0.3 is 5.97 Å². The lowest BCUT2D eigenvalue weighted by Gasteiger charge is -2.38. The molecule has 2 saturated heterocycles. The lowest BCUT2D eigenvalue weighted by Crippen LogP contribution is -2.52. The van der Waals surface area contributed by atoms with Crippen molar-refractivity contribution in [2.45, 2.75) is 63.5 Å². The molecule has 2 bridgehead atoms. The zero-order valence-electron chi connectivity index (χ0n) is 19.7. The normalized spacial score (nSPS) is 24.5. The van der Waals surface area contributed by atoms with E-state index in [2.05, 4.69) is 10.5 Å². The van der Waals surface area contributed by atoms with Crippen molar-refractivity contribution in [3.63, 3.8) is 0 Å². The Hall–Kier alpha value is -3.43. The van der Waals surface area contributed by atoms with E-state index in [1.165, 1.54) is 12.8 Å². The van der Waals surface area contributed by atoms with Gasteiger partial charge in [-0.25, -0.2) is 0 Å². The van der Waals surface area contributed by atoms with Crippen LogP contribution in [0, 0.1) is 17.2 Å². The molecule has 5 rings (SSSR count). The van der Waals surface area contributed by atoms with Crippen molar-refractivity contribution in [3.05, 3.63) is 35.4 Å². The summed E-state index contributed by atoms with van der Waals surface area (Å²) >= 11 is 0. The highest BCUT2D eigenvalue weighted by molar-refractivity contribution is 6.03. The third-order valence-corrected chi connectivity index (χ3v) is 7.25. The quantitative estimate of drug-likeness (QED) is 0.326. The number of nitrogen functional groups attached to an aromatic ring is 1. The first kappa shape index (κ1) is 24.7. The Morgan fingerprint density at radius 3 is 2.49 bits per heavy atom. The van der Waals surface area contributed by atoms with Crippen LogP contribution < -0.4 is 11.1 Å². The molecule has 188 valence electrons. The molecule has 1 aromatic carbocycles. The van der Waals surface area contributed by atoms with Gasteiger partial charge in [0.1, 0.15) is 18.0 Å². The molecular formula is C25H33N5O5. The van der Waals surface area contributed by atoms with Crippen LogP contribution in [0.15, 0.2) is 29.4 Å². The Labute approximate surface area is 204 Å². The number of amides is 2. The number of nitrogens with zero attached hydrogens (tertiary/aromatic N) is 2. The fraction of sp³-hybridized carbons (Fsp3) is 0.560. The molecule has 1 unspecified atom stereocenters. The predicted molar refractivity (Wildman–Crippen MR) is 129 cm³/mol. The molecule has 0 spiro atoms. The smallest absolute Gasteiger partial charge is 0.305 e. The SMILES string of the molecule is N=C(N)c1ccc(C2=NOC(CC(=O)N[C@@H](CC(=O)O)C(=O)N3CCC4CCC(CC4)C3)C2)cc1. The Morgan fingerprint density at radius 1 is 1.14 bits per heavy atom. The van der Waals surface area contributed by atoms with Crippen LogP contribution >= 0.6 is 0 Å². The third kappa shape index (κ3) is 6.37. The standard InChI is InChI=1S/C25H33N5O5/c26-24(27)18-7-5-17(6-8-18)20-11-19(35-29-20)12-22(31)28-21(13-23(32)33)25(34)30-10-9-15-1-3-16(14-30)4-2-15/h5-8,15-16,19,21H,1-4,9-14H2,(H3,26,27)(H,28,31)(H,32,33)/t15?,16?,19?,21-/m0/s1. The molecule has 3 heterocycles. The summed E-state index contributed by atoms with van der Waals surface area (Å²) in [6.07, 6.45) is 4.94. The molecule has 5 N–H and O–H groups in total. The van der Waals surface area contributed by atoms with Gasteiger partial charge in [0.2, 0.25) is 11.8 Å². The molecule has 10 nitrogen and oxygen atoms in total. The number of carboxylic acid groups (broad SMARTS) is 1. The van der Waals surface area contributed by atoms with E-state index in [4.69, 9.17) is 16.0 Å². The minimum atomic E-state index is -1.13. The van der Waals surface area contributed by atoms with Crippen LogP contribution in [0.25, 0.3) is 0 Å². The summed E-state index contributed by atoms with van der Waals surface area (Å²) in [4.78, 5) is 44.6. The van der Waals surface area contributed by atoms with Gasteiger partial charge in [0, 0.05) is 25.1 Å². The van der Waals surface area contributed by atoms with Crippen molar-refractivity contribution >= 4 is 29.3 Å². The molecule has 10 heteroatoms. The van der Waals surface area contributed by atoms with Crippen molar-refractivity contribution in [1.29, 1.82) is 5.41 Å². The minimum Gasteiger partial charge on any atom is -0.481 e. The van der Waals surface area contributed by atoms with Gasteiger partial charge in [0.15, 0.2) is 0 Å². The molecular weight excluding hydrogens is 450 g/mol. The fourth-order valence-corrected chi connectivity index (χ4v) is 5.25. The van der Waals surface area contributed by atoms with E-state index >= 15 is 0 Å². The van der Waals surface area contributed by atoms with E-state index in [0.717, 1.165) is 24.8 Å². The number of carbonyl (C=O) groups is 3. The minimum absolute atomic E-state index is 0.0237. The average molecular weight is 484 g/mol. The zero-order chi connectivity index (χ0) is 24.9. The lowest BCUT2D eigenvalue weighted by molar-refractivity contribution is -0.144. The van der Waals surface area contributed by atoms with Crippen LogP contribution in [0.1, 0.15) is 62.5 Å². The molecule has 0 radical (unpaired) electrons. The van der Waals surface area contributed by atoms with E-state index in [9.17, 15) is 19.5 Å². The summed E-state index contributed by atoms with van der Waals surface area (Å²) in [6.45, 7) is 1.24. The maximum Gasteiger partial charge on any atom is 0.305 e. The van der Waals surface area contributed by atoms with Gasteiger partial charge in [-0.2, -0.15) is 0 Å². The molecule has 1 aromatic rings. The Morgan fingerprint density at radius 2 is 1.83 bits per heavy atom. The van der Waals surface area contributed by atoms with Gasteiger partial charge in [-0.1, -0.05) is 42.3 Å². The first-order valence-electron chi connectivity index (χ1n) is 12.3. The number of amidine groups is 1. The Balaban J connectivity index is 1.32. The second-order valence-electron chi connectivity index (χ2n) is 9.84. The number of aliphatic carboxylic acids is 1. The van der Waals surface area contributed by atoms with E-state index in [-0.39, 0.29) is 18.2 Å². The molecule has 3 aliphatic heterocycles. The summed E-state index contributed by atoms with van der Waals surface area (Å²) in [5, 5.41) is 23.6. The molecule has 1 aliphatic carbocycles. The van der Waals surface area contributed by atoms with Crippen LogP contribution in [-0.4, -0.2) is 64.6 Å². The van der Waals surface area contributed by atoms with Gasteiger partial charge in [-0.3, -0.25) is 19.8 Å². The summed E-state index contributed by atoms with van der Waals surface area (Å²) in [7, 11) is 0. The van der Waals surface area contributed by atoms with E-state index < -0.39 is 30.4 Å². The van der Waals surface area contributed by atoms with Crippen molar-refractivity contribution < 1.29 is 24.3 Å². The second kappa shape index (κ2) is 10.9. The average Bonchev–Trinajstić information content (AvgIpc) is 3.27. The number of hydrogen-bond donors (Lipinski definition) is 4. The fourth-order valence-electron chi connectivity index (χ4n) is 5.25. The molecule has 35 heavy (non-hydrogen) atoms. The highest BCUT2D eigenvalue weighted by Gasteiger charge is 2.34. The zero-order valence-corrected chi connectivity index (χ0v) is 19.7. The lowest BCUT2D eigenvalue weighted by atomic mass is 9.78. The number of nitrogens with one attached hydrogen (secondary N) is 2. The van der Waals surface area contributed by atoms with Gasteiger partial charge in [0.05, 0.1) is 18.6 Å². The second-order valence-corrected chi connectivity index (χ2v) is 9.84. The largest absolute Gasteiger partial charge is 0.481 e. The third-order valence-electron chi connectivity index (χ3n) is 7.25. The van der Waals surface area contributed by atoms with E-state index in [1.807, 2.05) is 0 Å². The number of hydrogen-bond acceptors (Lipinski definition) is 6. The summed E-state index contributed by atoms with van der Waals surface area (Å²) in [5.41, 5.74) is 7.57. The first-order valence-corrected chi connectivity index (χ1v) is 12.3. The van der Waals surface area contributed by atoms with Gasteiger partial charge in [0.25, 0.3) is 0 Å². The van der Waals surface area contributed by atoms with Crippen LogP contribution in [-0.2, 0) is 19.2 Å². The van der Waals surface area contributed by atoms with E-state index in [0.29, 0.717) is 42.6 Å².